The molecule has 2 saturated heterocycles. The molecule has 15 heavy (non-hydrogen) atoms. The normalized spacial score (nSPS) is 36.5. The Morgan fingerprint density at radius 3 is 2.87 bits per heavy atom. The van der Waals surface area contributed by atoms with Crippen molar-refractivity contribution in [2.75, 3.05) is 13.2 Å². The van der Waals surface area contributed by atoms with Gasteiger partial charge in [0.15, 0.2) is 0 Å². The first-order valence-corrected chi connectivity index (χ1v) is 5.91. The van der Waals surface area contributed by atoms with Crippen LogP contribution in [0, 0.1) is 0 Å². The molecule has 0 aromatic rings. The van der Waals surface area contributed by atoms with E-state index < -0.39 is 0 Å². The molecule has 3 atom stereocenters. The predicted octanol–water partition coefficient (Wildman–Crippen LogP) is 0.422. The van der Waals surface area contributed by atoms with E-state index in [4.69, 9.17) is 4.74 Å². The maximum absolute atomic E-state index is 11.7. The molecule has 2 aliphatic heterocycles. The van der Waals surface area contributed by atoms with Crippen molar-refractivity contribution < 1.29 is 9.53 Å². The molecule has 0 aromatic heterocycles. The fourth-order valence-electron chi connectivity index (χ4n) is 2.20. The molecule has 1 amide bonds. The third kappa shape index (κ3) is 2.92. The van der Waals surface area contributed by atoms with Crippen LogP contribution in [-0.2, 0) is 9.53 Å². The van der Waals surface area contributed by atoms with Crippen LogP contribution in [0.5, 0.6) is 0 Å². The van der Waals surface area contributed by atoms with E-state index in [1.165, 1.54) is 0 Å². The van der Waals surface area contributed by atoms with Crippen molar-refractivity contribution in [3.63, 3.8) is 0 Å². The van der Waals surface area contributed by atoms with Crippen molar-refractivity contribution >= 4 is 5.91 Å². The van der Waals surface area contributed by atoms with E-state index in [9.17, 15) is 4.79 Å². The number of nitrogens with one attached hydrogen (secondary N) is 2. The van der Waals surface area contributed by atoms with Gasteiger partial charge in [0.2, 0.25) is 5.91 Å². The largest absolute Gasteiger partial charge is 0.368 e. The second-order valence-electron chi connectivity index (χ2n) is 4.59. The Balaban J connectivity index is 1.74. The van der Waals surface area contributed by atoms with Crippen LogP contribution in [0.4, 0.5) is 0 Å². The lowest BCUT2D eigenvalue weighted by molar-refractivity contribution is -0.130. The molecule has 0 radical (unpaired) electrons. The summed E-state index contributed by atoms with van der Waals surface area (Å²) < 4.78 is 5.34. The van der Waals surface area contributed by atoms with E-state index in [1.807, 2.05) is 0 Å². The molecular formula is C11H20N2O2. The highest BCUT2D eigenvalue weighted by atomic mass is 16.5. The standard InChI is InChI=1S/C11H20N2O2/c1-8-4-5-9(7-12-8)13-11(14)10-3-2-6-15-10/h8-10,12H,2-7H2,1H3,(H,13,14). The molecule has 0 spiro atoms. The van der Waals surface area contributed by atoms with E-state index in [0.717, 1.165) is 38.8 Å². The third-order valence-corrected chi connectivity index (χ3v) is 3.23. The maximum atomic E-state index is 11.7. The molecule has 3 unspecified atom stereocenters. The molecule has 2 aliphatic rings. The van der Waals surface area contributed by atoms with Crippen LogP contribution < -0.4 is 10.6 Å². The summed E-state index contributed by atoms with van der Waals surface area (Å²) in [6, 6.07) is 0.874. The van der Waals surface area contributed by atoms with E-state index in [2.05, 4.69) is 17.6 Å². The van der Waals surface area contributed by atoms with Crippen molar-refractivity contribution in [2.24, 2.45) is 0 Å². The topological polar surface area (TPSA) is 50.4 Å². The number of carbonyl (C=O) groups is 1. The van der Waals surface area contributed by atoms with Crippen LogP contribution in [-0.4, -0.2) is 37.2 Å². The maximum Gasteiger partial charge on any atom is 0.249 e. The quantitative estimate of drug-likeness (QED) is 0.697. The highest BCUT2D eigenvalue weighted by Gasteiger charge is 2.26. The lowest BCUT2D eigenvalue weighted by atomic mass is 10.0. The van der Waals surface area contributed by atoms with Crippen molar-refractivity contribution in [3.8, 4) is 0 Å². The molecule has 2 heterocycles. The SMILES string of the molecule is CC1CCC(NC(=O)C2CCCO2)CN1. The zero-order chi connectivity index (χ0) is 10.7. The molecule has 2 N–H and O–H groups in total. The van der Waals surface area contributed by atoms with E-state index in [-0.39, 0.29) is 18.1 Å². The molecule has 4 heteroatoms. The van der Waals surface area contributed by atoms with Crippen molar-refractivity contribution in [1.82, 2.24) is 10.6 Å². The Morgan fingerprint density at radius 1 is 1.40 bits per heavy atom. The lowest BCUT2D eigenvalue weighted by Gasteiger charge is -2.28. The van der Waals surface area contributed by atoms with Gasteiger partial charge in [0, 0.05) is 25.2 Å². The van der Waals surface area contributed by atoms with Gasteiger partial charge in [-0.3, -0.25) is 4.79 Å². The number of hydrogen-bond acceptors (Lipinski definition) is 3. The summed E-state index contributed by atoms with van der Waals surface area (Å²) in [5.41, 5.74) is 0. The third-order valence-electron chi connectivity index (χ3n) is 3.23. The zero-order valence-electron chi connectivity index (χ0n) is 9.29. The van der Waals surface area contributed by atoms with Gasteiger partial charge in [-0.25, -0.2) is 0 Å². The van der Waals surface area contributed by atoms with Crippen molar-refractivity contribution in [2.45, 2.75) is 50.8 Å². The first-order valence-electron chi connectivity index (χ1n) is 5.91. The molecule has 0 aliphatic carbocycles. The molecule has 2 fully saturated rings. The summed E-state index contributed by atoms with van der Waals surface area (Å²) >= 11 is 0. The minimum absolute atomic E-state index is 0.0776. The summed E-state index contributed by atoms with van der Waals surface area (Å²) in [4.78, 5) is 11.7. The Labute approximate surface area is 90.8 Å². The van der Waals surface area contributed by atoms with Crippen molar-refractivity contribution in [3.05, 3.63) is 0 Å². The number of piperidine rings is 1. The second kappa shape index (κ2) is 4.94. The Morgan fingerprint density at radius 2 is 2.27 bits per heavy atom. The lowest BCUT2D eigenvalue weighted by Crippen LogP contribution is -2.50. The summed E-state index contributed by atoms with van der Waals surface area (Å²) in [5, 5.41) is 6.43. The molecule has 86 valence electrons. The number of carbonyl (C=O) groups excluding carboxylic acids is 1. The predicted molar refractivity (Wildman–Crippen MR) is 57.6 cm³/mol. The second-order valence-corrected chi connectivity index (χ2v) is 4.59. The van der Waals surface area contributed by atoms with Crippen LogP contribution in [0.25, 0.3) is 0 Å². The molecule has 4 nitrogen and oxygen atoms in total. The molecule has 2 rings (SSSR count). The van der Waals surface area contributed by atoms with E-state index in [1.54, 1.807) is 0 Å². The minimum Gasteiger partial charge on any atom is -0.368 e. The summed E-state index contributed by atoms with van der Waals surface area (Å²) in [7, 11) is 0. The van der Waals surface area contributed by atoms with Crippen molar-refractivity contribution in [1.29, 1.82) is 0 Å². The van der Waals surface area contributed by atoms with E-state index in [0.29, 0.717) is 6.04 Å². The van der Waals surface area contributed by atoms with Crippen LogP contribution in [0.2, 0.25) is 0 Å². The van der Waals surface area contributed by atoms with Crippen LogP contribution >= 0.6 is 0 Å². The average Bonchev–Trinajstić information content (AvgIpc) is 2.74. The van der Waals surface area contributed by atoms with Gasteiger partial charge in [0.05, 0.1) is 0 Å². The Kier molecular flexibility index (Phi) is 3.59. The average molecular weight is 212 g/mol. The van der Waals surface area contributed by atoms with Crippen LogP contribution in [0.1, 0.15) is 32.6 Å². The molecule has 0 aromatic carbocycles. The Hall–Kier alpha value is -0.610. The summed E-state index contributed by atoms with van der Waals surface area (Å²) in [6.07, 6.45) is 3.91. The monoisotopic (exact) mass is 212 g/mol. The van der Waals surface area contributed by atoms with Gasteiger partial charge >= 0.3 is 0 Å². The molecular weight excluding hydrogens is 192 g/mol. The first kappa shape index (κ1) is 10.9. The van der Waals surface area contributed by atoms with Gasteiger partial charge in [-0.15, -0.1) is 0 Å². The van der Waals surface area contributed by atoms with Gasteiger partial charge in [-0.1, -0.05) is 0 Å². The zero-order valence-corrected chi connectivity index (χ0v) is 9.29. The first-order chi connectivity index (χ1) is 7.25. The molecule has 0 bridgehead atoms. The minimum atomic E-state index is -0.190. The fourth-order valence-corrected chi connectivity index (χ4v) is 2.20. The fraction of sp³-hybridized carbons (Fsp3) is 0.909. The number of hydrogen-bond donors (Lipinski definition) is 2. The highest BCUT2D eigenvalue weighted by molar-refractivity contribution is 5.81. The van der Waals surface area contributed by atoms with Crippen LogP contribution in [0.15, 0.2) is 0 Å². The van der Waals surface area contributed by atoms with Gasteiger partial charge in [0.25, 0.3) is 0 Å². The molecule has 0 saturated carbocycles. The van der Waals surface area contributed by atoms with Crippen LogP contribution in [0.3, 0.4) is 0 Å². The van der Waals surface area contributed by atoms with Gasteiger partial charge in [0.1, 0.15) is 6.10 Å². The van der Waals surface area contributed by atoms with Gasteiger partial charge in [-0.2, -0.15) is 0 Å². The number of ether oxygens (including phenoxy) is 1. The van der Waals surface area contributed by atoms with E-state index >= 15 is 0 Å². The number of rotatable bonds is 2. The summed E-state index contributed by atoms with van der Waals surface area (Å²) in [5.74, 6) is 0.0776. The smallest absolute Gasteiger partial charge is 0.249 e. The summed E-state index contributed by atoms with van der Waals surface area (Å²) in [6.45, 7) is 3.80. The number of amides is 1. The highest BCUT2D eigenvalue weighted by Crippen LogP contribution is 2.13. The van der Waals surface area contributed by atoms with Gasteiger partial charge < -0.3 is 15.4 Å². The Bertz CT molecular complexity index is 219. The van der Waals surface area contributed by atoms with Gasteiger partial charge in [-0.05, 0) is 32.6 Å².